The van der Waals surface area contributed by atoms with Crippen LogP contribution in [0.25, 0.3) is 21.5 Å². The Morgan fingerprint density at radius 2 is 1.44 bits per heavy atom. The van der Waals surface area contributed by atoms with Crippen LogP contribution in [0.2, 0.25) is 0 Å². The van der Waals surface area contributed by atoms with Gasteiger partial charge in [0.2, 0.25) is 0 Å². The highest BCUT2D eigenvalue weighted by Crippen LogP contribution is 2.22. The second-order valence-electron chi connectivity index (χ2n) is 6.33. The van der Waals surface area contributed by atoms with Crippen molar-refractivity contribution in [3.8, 4) is 0 Å². The zero-order valence-corrected chi connectivity index (χ0v) is 14.1. The summed E-state index contributed by atoms with van der Waals surface area (Å²) in [6.07, 6.45) is 0. The molecule has 25 heavy (non-hydrogen) atoms. The number of hydrogen-bond donors (Lipinski definition) is 1. The van der Waals surface area contributed by atoms with Crippen molar-refractivity contribution in [3.05, 3.63) is 96.1 Å². The largest absolute Gasteiger partial charge is 0.345 e. The summed E-state index contributed by atoms with van der Waals surface area (Å²) in [6.45, 7) is 2.02. The number of carbonyl (C=O) groups is 1. The molecule has 0 radical (unpaired) electrons. The molecule has 0 aromatic heterocycles. The minimum Gasteiger partial charge on any atom is -0.345 e. The lowest BCUT2D eigenvalue weighted by Crippen LogP contribution is -2.26. The lowest BCUT2D eigenvalue weighted by atomic mass is 10.0. The van der Waals surface area contributed by atoms with Gasteiger partial charge in [-0.1, -0.05) is 72.8 Å². The third-order valence-corrected chi connectivity index (χ3v) is 4.66. The molecule has 0 fully saturated rings. The topological polar surface area (TPSA) is 29.1 Å². The van der Waals surface area contributed by atoms with Gasteiger partial charge >= 0.3 is 0 Å². The monoisotopic (exact) mass is 325 g/mol. The number of hydrogen-bond acceptors (Lipinski definition) is 1. The molecule has 2 heteroatoms. The zero-order valence-electron chi connectivity index (χ0n) is 14.1. The first-order valence-electron chi connectivity index (χ1n) is 8.50. The first kappa shape index (κ1) is 15.4. The second-order valence-corrected chi connectivity index (χ2v) is 6.33. The van der Waals surface area contributed by atoms with E-state index in [1.807, 2.05) is 61.5 Å². The SMILES string of the molecule is C[C@H](NC(=O)c1cccc2ccccc12)c1ccc2ccccc2c1. The van der Waals surface area contributed by atoms with E-state index in [0.717, 1.165) is 16.3 Å². The van der Waals surface area contributed by atoms with Crippen molar-refractivity contribution in [2.75, 3.05) is 0 Å². The fraction of sp³-hybridized carbons (Fsp3) is 0.0870. The van der Waals surface area contributed by atoms with Gasteiger partial charge in [-0.05, 0) is 46.2 Å². The van der Waals surface area contributed by atoms with E-state index in [0.29, 0.717) is 5.56 Å². The standard InChI is InChI=1S/C23H19NO/c1-16(19-14-13-17-7-2-3-9-20(17)15-19)24-23(25)22-12-6-10-18-8-4-5-11-21(18)22/h2-16H,1H3,(H,24,25)/t16-/m0/s1. The Kier molecular flexibility index (Phi) is 3.95. The molecule has 0 bridgehead atoms. The van der Waals surface area contributed by atoms with Gasteiger partial charge in [0, 0.05) is 5.56 Å². The highest BCUT2D eigenvalue weighted by Gasteiger charge is 2.14. The molecule has 0 spiro atoms. The Morgan fingerprint density at radius 1 is 0.760 bits per heavy atom. The van der Waals surface area contributed by atoms with Gasteiger partial charge in [-0.2, -0.15) is 0 Å². The van der Waals surface area contributed by atoms with Crippen LogP contribution in [0.1, 0.15) is 28.9 Å². The van der Waals surface area contributed by atoms with Crippen molar-refractivity contribution in [1.29, 1.82) is 0 Å². The van der Waals surface area contributed by atoms with Crippen LogP contribution in [0.15, 0.2) is 84.9 Å². The number of rotatable bonds is 3. The summed E-state index contributed by atoms with van der Waals surface area (Å²) in [6, 6.07) is 28.3. The number of amides is 1. The maximum absolute atomic E-state index is 12.8. The average Bonchev–Trinajstić information content (AvgIpc) is 2.67. The zero-order chi connectivity index (χ0) is 17.2. The van der Waals surface area contributed by atoms with Crippen molar-refractivity contribution in [1.82, 2.24) is 5.32 Å². The van der Waals surface area contributed by atoms with Crippen LogP contribution >= 0.6 is 0 Å². The molecule has 4 aromatic rings. The van der Waals surface area contributed by atoms with Crippen LogP contribution in [0.3, 0.4) is 0 Å². The molecular formula is C23H19NO. The second kappa shape index (κ2) is 6.40. The van der Waals surface area contributed by atoms with Crippen LogP contribution in [0.4, 0.5) is 0 Å². The molecule has 1 amide bonds. The summed E-state index contributed by atoms with van der Waals surface area (Å²) in [7, 11) is 0. The van der Waals surface area contributed by atoms with Crippen LogP contribution in [-0.4, -0.2) is 5.91 Å². The third-order valence-electron chi connectivity index (χ3n) is 4.66. The molecular weight excluding hydrogens is 306 g/mol. The smallest absolute Gasteiger partial charge is 0.252 e. The van der Waals surface area contributed by atoms with Gasteiger partial charge < -0.3 is 5.32 Å². The molecule has 0 saturated carbocycles. The van der Waals surface area contributed by atoms with Gasteiger partial charge in [-0.25, -0.2) is 0 Å². The molecule has 1 atom stereocenters. The summed E-state index contributed by atoms with van der Waals surface area (Å²) < 4.78 is 0. The van der Waals surface area contributed by atoms with E-state index in [1.54, 1.807) is 0 Å². The van der Waals surface area contributed by atoms with Crippen LogP contribution in [0, 0.1) is 0 Å². The van der Waals surface area contributed by atoms with Crippen LogP contribution in [0.5, 0.6) is 0 Å². The van der Waals surface area contributed by atoms with Gasteiger partial charge in [0.15, 0.2) is 0 Å². The summed E-state index contributed by atoms with van der Waals surface area (Å²) in [4.78, 5) is 12.8. The minimum atomic E-state index is -0.0592. The van der Waals surface area contributed by atoms with Crippen molar-refractivity contribution >= 4 is 27.5 Å². The summed E-state index contributed by atoms with van der Waals surface area (Å²) >= 11 is 0. The average molecular weight is 325 g/mol. The first-order chi connectivity index (χ1) is 12.2. The summed E-state index contributed by atoms with van der Waals surface area (Å²) in [5, 5.41) is 7.58. The van der Waals surface area contributed by atoms with E-state index >= 15 is 0 Å². The Morgan fingerprint density at radius 3 is 2.28 bits per heavy atom. The Hall–Kier alpha value is -3.13. The van der Waals surface area contributed by atoms with Crippen LogP contribution < -0.4 is 5.32 Å². The number of nitrogens with one attached hydrogen (secondary N) is 1. The Bertz CT molecular complexity index is 1060. The number of benzene rings is 4. The molecule has 0 unspecified atom stereocenters. The van der Waals surface area contributed by atoms with Crippen LogP contribution in [-0.2, 0) is 0 Å². The van der Waals surface area contributed by atoms with Gasteiger partial charge in [-0.15, -0.1) is 0 Å². The normalized spacial score (nSPS) is 12.2. The van der Waals surface area contributed by atoms with E-state index in [4.69, 9.17) is 0 Å². The molecule has 0 aliphatic heterocycles. The van der Waals surface area contributed by atoms with Gasteiger partial charge in [0.25, 0.3) is 5.91 Å². The quantitative estimate of drug-likeness (QED) is 0.530. The highest BCUT2D eigenvalue weighted by atomic mass is 16.1. The van der Waals surface area contributed by atoms with Gasteiger partial charge in [0.1, 0.15) is 0 Å². The fourth-order valence-electron chi connectivity index (χ4n) is 3.26. The first-order valence-corrected chi connectivity index (χ1v) is 8.50. The number of fused-ring (bicyclic) bond motifs is 2. The number of carbonyl (C=O) groups excluding carboxylic acids is 1. The predicted molar refractivity (Wildman–Crippen MR) is 104 cm³/mol. The van der Waals surface area contributed by atoms with E-state index < -0.39 is 0 Å². The van der Waals surface area contributed by atoms with E-state index in [9.17, 15) is 4.79 Å². The molecule has 0 aliphatic carbocycles. The van der Waals surface area contributed by atoms with E-state index in [-0.39, 0.29) is 11.9 Å². The van der Waals surface area contributed by atoms with Crippen molar-refractivity contribution in [3.63, 3.8) is 0 Å². The minimum absolute atomic E-state index is 0.0440. The van der Waals surface area contributed by atoms with Crippen molar-refractivity contribution in [2.45, 2.75) is 13.0 Å². The fourth-order valence-corrected chi connectivity index (χ4v) is 3.26. The molecule has 4 rings (SSSR count). The van der Waals surface area contributed by atoms with E-state index in [1.165, 1.54) is 10.8 Å². The summed E-state index contributed by atoms with van der Waals surface area (Å²) in [5.41, 5.74) is 1.82. The van der Waals surface area contributed by atoms with Crippen molar-refractivity contribution in [2.24, 2.45) is 0 Å². The highest BCUT2D eigenvalue weighted by molar-refractivity contribution is 6.07. The van der Waals surface area contributed by atoms with Crippen molar-refractivity contribution < 1.29 is 4.79 Å². The Balaban J connectivity index is 1.62. The molecule has 122 valence electrons. The molecule has 0 heterocycles. The molecule has 0 saturated heterocycles. The summed E-state index contributed by atoms with van der Waals surface area (Å²) in [5.74, 6) is -0.0440. The van der Waals surface area contributed by atoms with Gasteiger partial charge in [-0.3, -0.25) is 4.79 Å². The van der Waals surface area contributed by atoms with Gasteiger partial charge in [0.05, 0.1) is 6.04 Å². The molecule has 1 N–H and O–H groups in total. The molecule has 0 aliphatic rings. The predicted octanol–water partition coefficient (Wildman–Crippen LogP) is 5.48. The lowest BCUT2D eigenvalue weighted by Gasteiger charge is -2.16. The third kappa shape index (κ3) is 2.99. The maximum atomic E-state index is 12.8. The molecule has 2 nitrogen and oxygen atoms in total. The lowest BCUT2D eigenvalue weighted by molar-refractivity contribution is 0.0941. The molecule has 4 aromatic carbocycles. The maximum Gasteiger partial charge on any atom is 0.252 e. The van der Waals surface area contributed by atoms with E-state index in [2.05, 4.69) is 35.6 Å². The Labute approximate surface area is 147 Å².